The SMILES string of the molecule is CN(CC(=O)O)CC1CN(C(=O)NCc2ccc(C(C)(C)C)cc2)CCO1. The Labute approximate surface area is 161 Å². The first kappa shape index (κ1) is 21.2. The molecule has 1 saturated heterocycles. The summed E-state index contributed by atoms with van der Waals surface area (Å²) in [5.74, 6) is -0.875. The number of nitrogens with zero attached hydrogens (tertiary/aromatic N) is 2. The van der Waals surface area contributed by atoms with Crippen molar-refractivity contribution >= 4 is 12.0 Å². The highest BCUT2D eigenvalue weighted by atomic mass is 16.5. The summed E-state index contributed by atoms with van der Waals surface area (Å²) in [7, 11) is 1.73. The number of carbonyl (C=O) groups is 2. The second-order valence-corrected chi connectivity index (χ2v) is 8.13. The number of carboxylic acid groups (broad SMARTS) is 1. The van der Waals surface area contributed by atoms with Gasteiger partial charge in [-0.2, -0.15) is 0 Å². The Hall–Kier alpha value is -2.12. The van der Waals surface area contributed by atoms with E-state index in [1.165, 1.54) is 5.56 Å². The molecule has 0 spiro atoms. The smallest absolute Gasteiger partial charge is 0.317 e. The lowest BCUT2D eigenvalue weighted by molar-refractivity contribution is -0.138. The molecule has 150 valence electrons. The maximum absolute atomic E-state index is 12.5. The molecule has 2 amide bonds. The number of hydrogen-bond donors (Lipinski definition) is 2. The Balaban J connectivity index is 1.82. The van der Waals surface area contributed by atoms with Gasteiger partial charge in [-0.05, 0) is 23.6 Å². The molecular formula is C20H31N3O4. The normalized spacial score (nSPS) is 17.8. The molecule has 1 aromatic carbocycles. The van der Waals surface area contributed by atoms with Gasteiger partial charge in [-0.25, -0.2) is 4.79 Å². The predicted octanol–water partition coefficient (Wildman–Crippen LogP) is 1.91. The van der Waals surface area contributed by atoms with Gasteiger partial charge in [0.25, 0.3) is 0 Å². The molecule has 1 aromatic rings. The van der Waals surface area contributed by atoms with Crippen molar-refractivity contribution in [3.8, 4) is 0 Å². The molecule has 1 aliphatic rings. The van der Waals surface area contributed by atoms with Crippen LogP contribution in [0.5, 0.6) is 0 Å². The van der Waals surface area contributed by atoms with Crippen molar-refractivity contribution in [2.24, 2.45) is 0 Å². The first-order valence-corrected chi connectivity index (χ1v) is 9.29. The van der Waals surface area contributed by atoms with Crippen LogP contribution >= 0.6 is 0 Å². The molecule has 7 nitrogen and oxygen atoms in total. The van der Waals surface area contributed by atoms with Crippen LogP contribution in [-0.4, -0.2) is 72.8 Å². The highest BCUT2D eigenvalue weighted by Gasteiger charge is 2.25. The van der Waals surface area contributed by atoms with E-state index in [4.69, 9.17) is 9.84 Å². The Bertz CT molecular complexity index is 640. The minimum atomic E-state index is -0.875. The van der Waals surface area contributed by atoms with E-state index in [0.29, 0.717) is 32.8 Å². The summed E-state index contributed by atoms with van der Waals surface area (Å²) >= 11 is 0. The van der Waals surface area contributed by atoms with Crippen molar-refractivity contribution < 1.29 is 19.4 Å². The van der Waals surface area contributed by atoms with E-state index >= 15 is 0 Å². The molecule has 1 aliphatic heterocycles. The van der Waals surface area contributed by atoms with Gasteiger partial charge in [0.15, 0.2) is 0 Å². The molecule has 0 aromatic heterocycles. The molecule has 27 heavy (non-hydrogen) atoms. The Kier molecular flexibility index (Phi) is 7.21. The van der Waals surface area contributed by atoms with Gasteiger partial charge < -0.3 is 20.1 Å². The highest BCUT2D eigenvalue weighted by molar-refractivity contribution is 5.74. The molecular weight excluding hydrogens is 346 g/mol. The monoisotopic (exact) mass is 377 g/mol. The lowest BCUT2D eigenvalue weighted by atomic mass is 9.87. The van der Waals surface area contributed by atoms with Crippen LogP contribution in [0.25, 0.3) is 0 Å². The maximum Gasteiger partial charge on any atom is 0.317 e. The van der Waals surface area contributed by atoms with Crippen LogP contribution in [0.2, 0.25) is 0 Å². The molecule has 1 heterocycles. The van der Waals surface area contributed by atoms with Crippen molar-refractivity contribution in [2.45, 2.75) is 38.8 Å². The summed E-state index contributed by atoms with van der Waals surface area (Å²) < 4.78 is 5.66. The van der Waals surface area contributed by atoms with Crippen LogP contribution in [0.1, 0.15) is 31.9 Å². The van der Waals surface area contributed by atoms with Crippen LogP contribution in [0.3, 0.4) is 0 Å². The van der Waals surface area contributed by atoms with Crippen molar-refractivity contribution in [2.75, 3.05) is 39.8 Å². The van der Waals surface area contributed by atoms with E-state index in [1.807, 2.05) is 12.1 Å². The van der Waals surface area contributed by atoms with E-state index in [1.54, 1.807) is 16.8 Å². The van der Waals surface area contributed by atoms with Gasteiger partial charge in [-0.3, -0.25) is 9.69 Å². The second-order valence-electron chi connectivity index (χ2n) is 8.13. The third-order valence-corrected chi connectivity index (χ3v) is 4.61. The van der Waals surface area contributed by atoms with E-state index in [0.717, 1.165) is 5.56 Å². The third-order valence-electron chi connectivity index (χ3n) is 4.61. The summed E-state index contributed by atoms with van der Waals surface area (Å²) in [5.41, 5.74) is 2.43. The van der Waals surface area contributed by atoms with Crippen LogP contribution in [0, 0.1) is 0 Å². The summed E-state index contributed by atoms with van der Waals surface area (Å²) in [6.45, 7) is 8.88. The zero-order valence-corrected chi connectivity index (χ0v) is 16.7. The largest absolute Gasteiger partial charge is 0.480 e. The zero-order chi connectivity index (χ0) is 20.0. The highest BCUT2D eigenvalue weighted by Crippen LogP contribution is 2.22. The molecule has 0 bridgehead atoms. The quantitative estimate of drug-likeness (QED) is 0.791. The molecule has 1 atom stereocenters. The minimum Gasteiger partial charge on any atom is -0.480 e. The van der Waals surface area contributed by atoms with E-state index in [2.05, 4.69) is 38.2 Å². The number of rotatable bonds is 6. The number of benzene rings is 1. The fourth-order valence-electron chi connectivity index (χ4n) is 3.07. The van der Waals surface area contributed by atoms with Crippen molar-refractivity contribution in [3.63, 3.8) is 0 Å². The molecule has 1 unspecified atom stereocenters. The zero-order valence-electron chi connectivity index (χ0n) is 16.7. The van der Waals surface area contributed by atoms with Crippen LogP contribution in [-0.2, 0) is 21.5 Å². The second kappa shape index (κ2) is 9.19. The van der Waals surface area contributed by atoms with E-state index in [9.17, 15) is 9.59 Å². The third kappa shape index (κ3) is 6.84. The number of amides is 2. The number of aliphatic carboxylic acids is 1. The lowest BCUT2D eigenvalue weighted by Gasteiger charge is -2.34. The molecule has 7 heteroatoms. The summed E-state index contributed by atoms with van der Waals surface area (Å²) in [5, 5.41) is 11.8. The van der Waals surface area contributed by atoms with Gasteiger partial charge in [0, 0.05) is 26.2 Å². The van der Waals surface area contributed by atoms with Gasteiger partial charge in [0.2, 0.25) is 0 Å². The molecule has 0 saturated carbocycles. The topological polar surface area (TPSA) is 82.1 Å². The number of carboxylic acids is 1. The van der Waals surface area contributed by atoms with Gasteiger partial charge in [0.05, 0.1) is 19.3 Å². The van der Waals surface area contributed by atoms with Crippen LogP contribution in [0.15, 0.2) is 24.3 Å². The summed E-state index contributed by atoms with van der Waals surface area (Å²) in [6.07, 6.45) is -0.181. The fourth-order valence-corrected chi connectivity index (χ4v) is 3.07. The fraction of sp³-hybridized carbons (Fsp3) is 0.600. The number of carbonyl (C=O) groups excluding carboxylic acids is 1. The number of urea groups is 1. The van der Waals surface area contributed by atoms with Crippen LogP contribution in [0.4, 0.5) is 4.79 Å². The number of hydrogen-bond acceptors (Lipinski definition) is 4. The number of morpholine rings is 1. The molecule has 2 rings (SSSR count). The predicted molar refractivity (Wildman–Crippen MR) is 104 cm³/mol. The van der Waals surface area contributed by atoms with Crippen LogP contribution < -0.4 is 5.32 Å². The van der Waals surface area contributed by atoms with Gasteiger partial charge in [-0.1, -0.05) is 45.0 Å². The van der Waals surface area contributed by atoms with Gasteiger partial charge in [0.1, 0.15) is 0 Å². The van der Waals surface area contributed by atoms with Crippen molar-refractivity contribution in [3.05, 3.63) is 35.4 Å². The number of nitrogens with one attached hydrogen (secondary N) is 1. The Morgan fingerprint density at radius 1 is 1.30 bits per heavy atom. The maximum atomic E-state index is 12.5. The molecule has 1 fully saturated rings. The Morgan fingerprint density at radius 2 is 1.96 bits per heavy atom. The molecule has 0 radical (unpaired) electrons. The first-order valence-electron chi connectivity index (χ1n) is 9.29. The molecule has 2 N–H and O–H groups in total. The summed E-state index contributed by atoms with van der Waals surface area (Å²) in [6, 6.07) is 8.17. The lowest BCUT2D eigenvalue weighted by Crippen LogP contribution is -2.52. The minimum absolute atomic E-state index is 0.0450. The van der Waals surface area contributed by atoms with Gasteiger partial charge in [-0.15, -0.1) is 0 Å². The Morgan fingerprint density at radius 3 is 2.56 bits per heavy atom. The molecule has 0 aliphatic carbocycles. The average Bonchev–Trinajstić information content (AvgIpc) is 2.58. The van der Waals surface area contributed by atoms with Gasteiger partial charge >= 0.3 is 12.0 Å². The first-order chi connectivity index (χ1) is 12.6. The van der Waals surface area contributed by atoms with E-state index in [-0.39, 0.29) is 24.1 Å². The number of likely N-dealkylation sites (N-methyl/N-ethyl adjacent to an activating group) is 1. The summed E-state index contributed by atoms with van der Waals surface area (Å²) in [4.78, 5) is 26.6. The number of ether oxygens (including phenoxy) is 1. The van der Waals surface area contributed by atoms with Crippen molar-refractivity contribution in [1.29, 1.82) is 0 Å². The standard InChI is InChI=1S/C20H31N3O4/c1-20(2,3)16-7-5-15(6-8-16)11-21-19(26)23-9-10-27-17(13-23)12-22(4)14-18(24)25/h5-8,17H,9-14H2,1-4H3,(H,21,26)(H,24,25). The van der Waals surface area contributed by atoms with Crippen molar-refractivity contribution in [1.82, 2.24) is 15.1 Å². The average molecular weight is 377 g/mol. The van der Waals surface area contributed by atoms with E-state index < -0.39 is 5.97 Å².